The lowest BCUT2D eigenvalue weighted by Gasteiger charge is -2.12. The van der Waals surface area contributed by atoms with Gasteiger partial charge in [-0.2, -0.15) is 0 Å². The molecule has 0 radical (unpaired) electrons. The van der Waals surface area contributed by atoms with Crippen LogP contribution in [0, 0.1) is 10.1 Å². The minimum Gasteiger partial charge on any atom is -0.480 e. The van der Waals surface area contributed by atoms with Crippen LogP contribution in [0.5, 0.6) is 0 Å². The van der Waals surface area contributed by atoms with E-state index in [1.165, 1.54) is 6.07 Å². The molecular weight excluding hydrogens is 278 g/mol. The summed E-state index contributed by atoms with van der Waals surface area (Å²) in [6.45, 7) is 0. The number of nitro benzene ring substituents is 1. The van der Waals surface area contributed by atoms with Gasteiger partial charge < -0.3 is 5.11 Å². The standard InChI is InChI=1S/C14H11NO4S/c16-14(17)13(10-6-2-1-3-7-10)20-12-9-5-4-8-11(12)15(18)19/h1-9,13H,(H,16,17). The molecule has 5 nitrogen and oxygen atoms in total. The highest BCUT2D eigenvalue weighted by molar-refractivity contribution is 8.00. The van der Waals surface area contributed by atoms with E-state index in [1.54, 1.807) is 48.5 Å². The number of thioether (sulfide) groups is 1. The van der Waals surface area contributed by atoms with E-state index in [4.69, 9.17) is 0 Å². The van der Waals surface area contributed by atoms with Gasteiger partial charge in [0.25, 0.3) is 5.69 Å². The summed E-state index contributed by atoms with van der Waals surface area (Å²) in [6.07, 6.45) is 0. The largest absolute Gasteiger partial charge is 0.480 e. The quantitative estimate of drug-likeness (QED) is 0.517. The predicted molar refractivity (Wildman–Crippen MR) is 75.8 cm³/mol. The number of para-hydroxylation sites is 1. The average Bonchev–Trinajstić information content (AvgIpc) is 2.45. The Hall–Kier alpha value is -2.34. The molecule has 2 aromatic carbocycles. The molecule has 2 aromatic rings. The van der Waals surface area contributed by atoms with Crippen LogP contribution in [0.2, 0.25) is 0 Å². The molecule has 0 spiro atoms. The van der Waals surface area contributed by atoms with Crippen LogP contribution in [-0.4, -0.2) is 16.0 Å². The van der Waals surface area contributed by atoms with Crippen molar-refractivity contribution in [3.05, 3.63) is 70.3 Å². The third kappa shape index (κ3) is 3.16. The smallest absolute Gasteiger partial charge is 0.321 e. The number of benzene rings is 2. The molecule has 0 amide bonds. The Kier molecular flexibility index (Phi) is 4.37. The fraction of sp³-hybridized carbons (Fsp3) is 0.0714. The van der Waals surface area contributed by atoms with Gasteiger partial charge in [-0.25, -0.2) is 0 Å². The van der Waals surface area contributed by atoms with Crippen LogP contribution in [0.4, 0.5) is 5.69 Å². The second-order valence-electron chi connectivity index (χ2n) is 3.97. The number of hydrogen-bond acceptors (Lipinski definition) is 4. The van der Waals surface area contributed by atoms with Crippen LogP contribution in [0.1, 0.15) is 10.8 Å². The van der Waals surface area contributed by atoms with E-state index in [1.807, 2.05) is 0 Å². The number of carboxylic acid groups (broad SMARTS) is 1. The summed E-state index contributed by atoms with van der Waals surface area (Å²) in [5.41, 5.74) is 0.517. The first kappa shape index (κ1) is 14.1. The van der Waals surface area contributed by atoms with E-state index in [-0.39, 0.29) is 5.69 Å². The van der Waals surface area contributed by atoms with Crippen molar-refractivity contribution < 1.29 is 14.8 Å². The minimum atomic E-state index is -1.03. The van der Waals surface area contributed by atoms with Gasteiger partial charge >= 0.3 is 5.97 Å². The van der Waals surface area contributed by atoms with E-state index in [0.29, 0.717) is 10.5 Å². The lowest BCUT2D eigenvalue weighted by atomic mass is 10.1. The number of hydrogen-bond donors (Lipinski definition) is 1. The molecule has 1 N–H and O–H groups in total. The van der Waals surface area contributed by atoms with Crippen LogP contribution in [0.3, 0.4) is 0 Å². The van der Waals surface area contributed by atoms with Gasteiger partial charge in [0.05, 0.1) is 9.82 Å². The van der Waals surface area contributed by atoms with Crippen molar-refractivity contribution in [3.8, 4) is 0 Å². The predicted octanol–water partition coefficient (Wildman–Crippen LogP) is 3.51. The number of rotatable bonds is 5. The Labute approximate surface area is 119 Å². The van der Waals surface area contributed by atoms with Crippen LogP contribution < -0.4 is 0 Å². The van der Waals surface area contributed by atoms with Crippen molar-refractivity contribution in [2.75, 3.05) is 0 Å². The average molecular weight is 289 g/mol. The van der Waals surface area contributed by atoms with Gasteiger partial charge in [-0.3, -0.25) is 14.9 Å². The molecule has 2 rings (SSSR count). The zero-order valence-electron chi connectivity index (χ0n) is 10.3. The summed E-state index contributed by atoms with van der Waals surface area (Å²) in [5, 5.41) is 19.4. The Morgan fingerprint density at radius 2 is 1.70 bits per heavy atom. The lowest BCUT2D eigenvalue weighted by molar-refractivity contribution is -0.387. The molecule has 0 aromatic heterocycles. The molecule has 0 fully saturated rings. The van der Waals surface area contributed by atoms with Crippen LogP contribution in [0.25, 0.3) is 0 Å². The Bertz CT molecular complexity index is 630. The summed E-state index contributed by atoms with van der Waals surface area (Å²) < 4.78 is 0. The second kappa shape index (κ2) is 6.21. The zero-order valence-corrected chi connectivity index (χ0v) is 11.1. The number of aliphatic carboxylic acids is 1. The Morgan fingerprint density at radius 1 is 1.10 bits per heavy atom. The lowest BCUT2D eigenvalue weighted by Crippen LogP contribution is -2.08. The molecule has 0 saturated carbocycles. The number of nitrogens with zero attached hydrogens (tertiary/aromatic N) is 1. The molecule has 6 heteroatoms. The maximum atomic E-state index is 11.4. The van der Waals surface area contributed by atoms with E-state index in [9.17, 15) is 20.0 Å². The monoisotopic (exact) mass is 289 g/mol. The summed E-state index contributed by atoms with van der Waals surface area (Å²) in [7, 11) is 0. The van der Waals surface area contributed by atoms with Crippen LogP contribution in [-0.2, 0) is 4.79 Å². The maximum absolute atomic E-state index is 11.4. The first-order valence-corrected chi connectivity index (χ1v) is 6.65. The topological polar surface area (TPSA) is 80.4 Å². The van der Waals surface area contributed by atoms with Gasteiger partial charge in [-0.05, 0) is 11.6 Å². The fourth-order valence-electron chi connectivity index (χ4n) is 1.72. The summed E-state index contributed by atoms with van der Waals surface area (Å²) in [6, 6.07) is 14.8. The Balaban J connectivity index is 2.35. The van der Waals surface area contributed by atoms with Crippen molar-refractivity contribution in [1.82, 2.24) is 0 Å². The first-order valence-electron chi connectivity index (χ1n) is 5.77. The van der Waals surface area contributed by atoms with Crippen molar-refractivity contribution in [2.24, 2.45) is 0 Å². The Morgan fingerprint density at radius 3 is 2.30 bits per heavy atom. The van der Waals surface area contributed by atoms with Gasteiger partial charge in [0.1, 0.15) is 5.25 Å². The second-order valence-corrected chi connectivity index (χ2v) is 5.12. The third-order valence-corrected chi connectivity index (χ3v) is 3.94. The molecular formula is C14H11NO4S. The van der Waals surface area contributed by atoms with Crippen LogP contribution in [0.15, 0.2) is 59.5 Å². The van der Waals surface area contributed by atoms with Gasteiger partial charge in [0.2, 0.25) is 0 Å². The highest BCUT2D eigenvalue weighted by atomic mass is 32.2. The van der Waals surface area contributed by atoms with Crippen molar-refractivity contribution in [1.29, 1.82) is 0 Å². The first-order chi connectivity index (χ1) is 9.59. The van der Waals surface area contributed by atoms with Gasteiger partial charge in [0.15, 0.2) is 0 Å². The third-order valence-electron chi connectivity index (χ3n) is 2.63. The van der Waals surface area contributed by atoms with Crippen molar-refractivity contribution >= 4 is 23.4 Å². The number of nitro groups is 1. The fourth-order valence-corrected chi connectivity index (χ4v) is 2.79. The molecule has 0 saturated heterocycles. The molecule has 20 heavy (non-hydrogen) atoms. The maximum Gasteiger partial charge on any atom is 0.321 e. The molecule has 0 aliphatic rings. The SMILES string of the molecule is O=C(O)C(Sc1ccccc1[N+](=O)[O-])c1ccccc1. The zero-order chi connectivity index (χ0) is 14.5. The molecule has 102 valence electrons. The van der Waals surface area contributed by atoms with E-state index in [2.05, 4.69) is 0 Å². The number of carboxylic acids is 1. The molecule has 0 aliphatic heterocycles. The summed E-state index contributed by atoms with van der Waals surface area (Å²) in [5.74, 6) is -1.03. The van der Waals surface area contributed by atoms with Crippen molar-refractivity contribution in [2.45, 2.75) is 10.1 Å². The van der Waals surface area contributed by atoms with Crippen molar-refractivity contribution in [3.63, 3.8) is 0 Å². The summed E-state index contributed by atoms with van der Waals surface area (Å²) in [4.78, 5) is 22.2. The molecule has 0 bridgehead atoms. The highest BCUT2D eigenvalue weighted by Gasteiger charge is 2.24. The van der Waals surface area contributed by atoms with Gasteiger partial charge in [0, 0.05) is 6.07 Å². The van der Waals surface area contributed by atoms with Gasteiger partial charge in [-0.15, -0.1) is 0 Å². The highest BCUT2D eigenvalue weighted by Crippen LogP contribution is 2.39. The minimum absolute atomic E-state index is 0.0836. The van der Waals surface area contributed by atoms with E-state index in [0.717, 1.165) is 11.8 Å². The molecule has 1 unspecified atom stereocenters. The molecule has 0 heterocycles. The van der Waals surface area contributed by atoms with E-state index < -0.39 is 16.1 Å². The number of carbonyl (C=O) groups is 1. The van der Waals surface area contributed by atoms with E-state index >= 15 is 0 Å². The molecule has 1 atom stereocenters. The molecule has 0 aliphatic carbocycles. The summed E-state index contributed by atoms with van der Waals surface area (Å²) >= 11 is 0.964. The van der Waals surface area contributed by atoms with Gasteiger partial charge in [-0.1, -0.05) is 54.2 Å². The normalized spacial score (nSPS) is 11.8. The van der Waals surface area contributed by atoms with Crippen LogP contribution >= 0.6 is 11.8 Å².